The molecule has 0 unspecified atom stereocenters. The molecule has 4 nitrogen and oxygen atoms in total. The summed E-state index contributed by atoms with van der Waals surface area (Å²) < 4.78 is 2.21. The zero-order chi connectivity index (χ0) is 19.6. The van der Waals surface area contributed by atoms with Crippen LogP contribution in [0.1, 0.15) is 45.4 Å². The summed E-state index contributed by atoms with van der Waals surface area (Å²) in [5.41, 5.74) is 7.33. The first-order valence-corrected chi connectivity index (χ1v) is 9.07. The van der Waals surface area contributed by atoms with Crippen LogP contribution < -0.4 is 0 Å². The van der Waals surface area contributed by atoms with E-state index in [0.29, 0.717) is 11.3 Å². The van der Waals surface area contributed by atoms with E-state index in [2.05, 4.69) is 60.7 Å². The average molecular weight is 360 g/mol. The highest BCUT2D eigenvalue weighted by molar-refractivity contribution is 5.92. The maximum absolute atomic E-state index is 11.3. The minimum absolute atomic E-state index is 0.283. The summed E-state index contributed by atoms with van der Waals surface area (Å²) in [5, 5.41) is 9.27. The lowest BCUT2D eigenvalue weighted by molar-refractivity contribution is 0.0696. The van der Waals surface area contributed by atoms with Crippen molar-refractivity contribution in [3.63, 3.8) is 0 Å². The average Bonchev–Trinajstić information content (AvgIpc) is 2.94. The fourth-order valence-electron chi connectivity index (χ4n) is 3.33. The first-order chi connectivity index (χ1) is 12.9. The van der Waals surface area contributed by atoms with Gasteiger partial charge in [-0.2, -0.15) is 0 Å². The van der Waals surface area contributed by atoms with Crippen LogP contribution in [-0.2, 0) is 6.42 Å². The Morgan fingerprint density at radius 1 is 1.11 bits per heavy atom. The molecule has 0 fully saturated rings. The molecule has 0 aliphatic rings. The molecule has 27 heavy (non-hydrogen) atoms. The third kappa shape index (κ3) is 3.70. The zero-order valence-corrected chi connectivity index (χ0v) is 16.2. The number of hydrogen-bond acceptors (Lipinski definition) is 2. The lowest BCUT2D eigenvalue weighted by Gasteiger charge is -2.10. The Morgan fingerprint density at radius 3 is 2.44 bits per heavy atom. The van der Waals surface area contributed by atoms with E-state index in [1.807, 2.05) is 12.3 Å². The van der Waals surface area contributed by atoms with Gasteiger partial charge in [-0.15, -0.1) is 0 Å². The van der Waals surface area contributed by atoms with Gasteiger partial charge in [-0.05, 0) is 68.7 Å². The van der Waals surface area contributed by atoms with Crippen LogP contribution in [0.15, 0.2) is 53.5 Å². The molecule has 0 spiro atoms. The van der Waals surface area contributed by atoms with Crippen molar-refractivity contribution in [2.45, 2.75) is 34.1 Å². The highest BCUT2D eigenvalue weighted by Crippen LogP contribution is 2.24. The number of carboxylic acids is 1. The first kappa shape index (κ1) is 18.6. The number of aromatic carboxylic acids is 1. The number of benzene rings is 2. The van der Waals surface area contributed by atoms with E-state index in [9.17, 15) is 9.90 Å². The smallest absolute Gasteiger partial charge is 0.336 e. The van der Waals surface area contributed by atoms with Gasteiger partial charge in [0.15, 0.2) is 0 Å². The molecule has 1 aromatic heterocycles. The van der Waals surface area contributed by atoms with Gasteiger partial charge in [-0.1, -0.05) is 25.1 Å². The quantitative estimate of drug-likeness (QED) is 0.618. The molecule has 0 saturated heterocycles. The molecule has 0 amide bonds. The molecule has 3 aromatic rings. The van der Waals surface area contributed by atoms with Crippen molar-refractivity contribution < 1.29 is 9.90 Å². The Labute approximate surface area is 159 Å². The van der Waals surface area contributed by atoms with Crippen LogP contribution in [0, 0.1) is 20.8 Å². The Morgan fingerprint density at radius 2 is 1.81 bits per heavy atom. The summed E-state index contributed by atoms with van der Waals surface area (Å²) in [4.78, 5) is 15.9. The van der Waals surface area contributed by atoms with Gasteiger partial charge in [0, 0.05) is 28.9 Å². The highest BCUT2D eigenvalue weighted by atomic mass is 16.4. The van der Waals surface area contributed by atoms with Crippen LogP contribution in [-0.4, -0.2) is 21.9 Å². The van der Waals surface area contributed by atoms with Crippen LogP contribution in [0.3, 0.4) is 0 Å². The molecule has 138 valence electrons. The Hall–Kier alpha value is -3.14. The molecule has 1 N–H and O–H groups in total. The summed E-state index contributed by atoms with van der Waals surface area (Å²) in [6, 6.07) is 15.8. The summed E-state index contributed by atoms with van der Waals surface area (Å²) in [6.07, 6.45) is 2.84. The van der Waals surface area contributed by atoms with E-state index in [-0.39, 0.29) is 5.56 Å². The molecular formula is C23H24N2O2. The molecular weight excluding hydrogens is 336 g/mol. The van der Waals surface area contributed by atoms with E-state index >= 15 is 0 Å². The maximum Gasteiger partial charge on any atom is 0.336 e. The SMILES string of the molecule is CCc1ccc(-n2c(C)cc(C=Nc3cccc(C(=O)O)c3C)c2C)cc1. The van der Waals surface area contributed by atoms with Crippen LogP contribution in [0.5, 0.6) is 0 Å². The molecule has 0 bridgehead atoms. The molecule has 0 saturated carbocycles. The fraction of sp³-hybridized carbons (Fsp3) is 0.217. The molecule has 0 aliphatic heterocycles. The molecule has 0 atom stereocenters. The van der Waals surface area contributed by atoms with Gasteiger partial charge in [-0.25, -0.2) is 4.79 Å². The minimum Gasteiger partial charge on any atom is -0.478 e. The second-order valence-corrected chi connectivity index (χ2v) is 6.69. The number of hydrogen-bond donors (Lipinski definition) is 1. The number of nitrogens with zero attached hydrogens (tertiary/aromatic N) is 2. The van der Waals surface area contributed by atoms with Crippen molar-refractivity contribution in [2.24, 2.45) is 4.99 Å². The van der Waals surface area contributed by atoms with Gasteiger partial charge in [0.25, 0.3) is 0 Å². The first-order valence-electron chi connectivity index (χ1n) is 9.07. The highest BCUT2D eigenvalue weighted by Gasteiger charge is 2.11. The summed E-state index contributed by atoms with van der Waals surface area (Å²) >= 11 is 0. The molecule has 4 heteroatoms. The van der Waals surface area contributed by atoms with E-state index in [4.69, 9.17) is 0 Å². The third-order valence-corrected chi connectivity index (χ3v) is 4.95. The maximum atomic E-state index is 11.3. The van der Waals surface area contributed by atoms with Crippen molar-refractivity contribution in [2.75, 3.05) is 0 Å². The number of aryl methyl sites for hydroxylation is 2. The van der Waals surface area contributed by atoms with Crippen LogP contribution >= 0.6 is 0 Å². The lowest BCUT2D eigenvalue weighted by Crippen LogP contribution is -2.00. The van der Waals surface area contributed by atoms with Gasteiger partial charge < -0.3 is 9.67 Å². The minimum atomic E-state index is -0.932. The molecule has 0 aliphatic carbocycles. The van der Waals surface area contributed by atoms with Crippen LogP contribution in [0.2, 0.25) is 0 Å². The Bertz CT molecular complexity index is 1010. The van der Waals surface area contributed by atoms with Gasteiger partial charge >= 0.3 is 5.97 Å². The van der Waals surface area contributed by atoms with Crippen molar-refractivity contribution >= 4 is 17.9 Å². The number of aromatic nitrogens is 1. The van der Waals surface area contributed by atoms with Crippen molar-refractivity contribution in [3.8, 4) is 5.69 Å². The second kappa shape index (κ2) is 7.62. The molecule has 0 radical (unpaired) electrons. The van der Waals surface area contributed by atoms with Crippen molar-refractivity contribution in [1.82, 2.24) is 4.57 Å². The van der Waals surface area contributed by atoms with Gasteiger partial charge in [-0.3, -0.25) is 4.99 Å². The predicted molar refractivity (Wildman–Crippen MR) is 110 cm³/mol. The normalized spacial score (nSPS) is 11.3. The lowest BCUT2D eigenvalue weighted by atomic mass is 10.1. The molecule has 1 heterocycles. The van der Waals surface area contributed by atoms with Crippen LogP contribution in [0.25, 0.3) is 5.69 Å². The Kier molecular flexibility index (Phi) is 5.26. The predicted octanol–water partition coefficient (Wildman–Crippen LogP) is 5.41. The Balaban J connectivity index is 1.96. The number of rotatable bonds is 5. The summed E-state index contributed by atoms with van der Waals surface area (Å²) in [6.45, 7) is 8.09. The summed E-state index contributed by atoms with van der Waals surface area (Å²) in [5.74, 6) is -0.932. The third-order valence-electron chi connectivity index (χ3n) is 4.95. The standard InChI is InChI=1S/C23H24N2O2/c1-5-18-9-11-20(12-10-18)25-15(2)13-19(17(25)4)14-24-22-8-6-7-21(16(22)3)23(26)27/h6-14H,5H2,1-4H3,(H,26,27). The van der Waals surface area contributed by atoms with Crippen molar-refractivity contribution in [1.29, 1.82) is 0 Å². The van der Waals surface area contributed by atoms with Gasteiger partial charge in [0.2, 0.25) is 0 Å². The van der Waals surface area contributed by atoms with Gasteiger partial charge in [0.1, 0.15) is 0 Å². The topological polar surface area (TPSA) is 54.6 Å². The zero-order valence-electron chi connectivity index (χ0n) is 16.2. The van der Waals surface area contributed by atoms with E-state index < -0.39 is 5.97 Å². The monoisotopic (exact) mass is 360 g/mol. The van der Waals surface area contributed by atoms with E-state index in [1.54, 1.807) is 19.1 Å². The van der Waals surface area contributed by atoms with E-state index in [0.717, 1.165) is 29.1 Å². The largest absolute Gasteiger partial charge is 0.478 e. The number of carbonyl (C=O) groups is 1. The molecule has 3 rings (SSSR count). The van der Waals surface area contributed by atoms with Gasteiger partial charge in [0.05, 0.1) is 11.3 Å². The number of aliphatic imine (C=N–C) groups is 1. The fourth-order valence-corrected chi connectivity index (χ4v) is 3.33. The van der Waals surface area contributed by atoms with E-state index in [1.165, 1.54) is 5.56 Å². The van der Waals surface area contributed by atoms with Crippen LogP contribution in [0.4, 0.5) is 5.69 Å². The second-order valence-electron chi connectivity index (χ2n) is 6.69. The van der Waals surface area contributed by atoms with Crippen molar-refractivity contribution in [3.05, 3.63) is 82.2 Å². The number of carboxylic acid groups (broad SMARTS) is 1. The summed E-state index contributed by atoms with van der Waals surface area (Å²) in [7, 11) is 0. The molecule has 2 aromatic carbocycles.